The summed E-state index contributed by atoms with van der Waals surface area (Å²) in [6.45, 7) is 0. The first-order chi connectivity index (χ1) is 10.2. The minimum absolute atomic E-state index is 0.188. The van der Waals surface area contributed by atoms with Gasteiger partial charge in [-0.15, -0.1) is 5.10 Å². The Balaban J connectivity index is 1.77. The first-order valence-corrected chi connectivity index (χ1v) is 7.41. The smallest absolute Gasteiger partial charge is 0.344 e. The van der Waals surface area contributed by atoms with Crippen LogP contribution in [0.4, 0.5) is 5.82 Å². The molecule has 1 saturated carbocycles. The second-order valence-electron chi connectivity index (χ2n) is 4.92. The number of benzene rings is 1. The van der Waals surface area contributed by atoms with Crippen molar-refractivity contribution in [3.63, 3.8) is 0 Å². The predicted molar refractivity (Wildman–Crippen MR) is 79.2 cm³/mol. The first kappa shape index (κ1) is 12.4. The van der Waals surface area contributed by atoms with E-state index in [2.05, 4.69) is 20.2 Å². The Bertz CT molecular complexity index is 882. The molecular weight excluding hydrogens is 288 g/mol. The third kappa shape index (κ3) is 2.17. The molecule has 106 valence electrons. The second kappa shape index (κ2) is 4.59. The zero-order chi connectivity index (χ0) is 14.4. The van der Waals surface area contributed by atoms with Crippen molar-refractivity contribution in [2.75, 3.05) is 5.73 Å². The number of aromatic nitrogens is 5. The van der Waals surface area contributed by atoms with Crippen LogP contribution < -0.4 is 11.4 Å². The molecule has 1 fully saturated rings. The molecule has 3 aromatic rings. The van der Waals surface area contributed by atoms with Crippen LogP contribution in [0.3, 0.4) is 0 Å². The fourth-order valence-electron chi connectivity index (χ4n) is 2.18. The van der Waals surface area contributed by atoms with Crippen LogP contribution in [0, 0.1) is 0 Å². The van der Waals surface area contributed by atoms with Crippen LogP contribution in [0.5, 0.6) is 0 Å². The van der Waals surface area contributed by atoms with Gasteiger partial charge in [-0.3, -0.25) is 4.57 Å². The maximum atomic E-state index is 11.8. The van der Waals surface area contributed by atoms with E-state index in [1.807, 2.05) is 24.3 Å². The van der Waals surface area contributed by atoms with Crippen molar-refractivity contribution >= 4 is 28.6 Å². The van der Waals surface area contributed by atoms with Crippen molar-refractivity contribution in [2.24, 2.45) is 0 Å². The fourth-order valence-corrected chi connectivity index (χ4v) is 3.06. The average molecular weight is 300 g/mol. The number of hydrogen-bond donors (Lipinski definition) is 2. The van der Waals surface area contributed by atoms with Gasteiger partial charge in [0.15, 0.2) is 11.0 Å². The lowest BCUT2D eigenvalue weighted by atomic mass is 10.3. The van der Waals surface area contributed by atoms with Gasteiger partial charge in [0.1, 0.15) is 5.03 Å². The van der Waals surface area contributed by atoms with Gasteiger partial charge in [-0.25, -0.2) is 19.9 Å². The highest BCUT2D eigenvalue weighted by Crippen LogP contribution is 2.38. The molecule has 0 radical (unpaired) electrons. The SMILES string of the molecule is Nc1nc2ccccc2nc1Sc1n[nH]c(=O)n1C1CC1. The molecule has 0 amide bonds. The number of H-pyrrole nitrogens is 1. The highest BCUT2D eigenvalue weighted by atomic mass is 32.2. The summed E-state index contributed by atoms with van der Waals surface area (Å²) in [6.07, 6.45) is 2.01. The van der Waals surface area contributed by atoms with Gasteiger partial charge in [0.05, 0.1) is 11.0 Å². The molecule has 4 rings (SSSR count). The molecule has 0 bridgehead atoms. The normalized spacial score (nSPS) is 14.7. The van der Waals surface area contributed by atoms with E-state index in [9.17, 15) is 4.79 Å². The van der Waals surface area contributed by atoms with Crippen LogP contribution in [-0.2, 0) is 0 Å². The second-order valence-corrected chi connectivity index (χ2v) is 5.87. The third-order valence-electron chi connectivity index (χ3n) is 3.34. The zero-order valence-corrected chi connectivity index (χ0v) is 11.8. The molecule has 2 aromatic heterocycles. The van der Waals surface area contributed by atoms with Crippen LogP contribution in [0.15, 0.2) is 39.2 Å². The van der Waals surface area contributed by atoms with Gasteiger partial charge in [-0.1, -0.05) is 12.1 Å². The Labute approximate surface area is 123 Å². The number of rotatable bonds is 3. The van der Waals surface area contributed by atoms with Gasteiger partial charge in [-0.2, -0.15) is 0 Å². The Hall–Kier alpha value is -2.35. The van der Waals surface area contributed by atoms with Gasteiger partial charge in [-0.05, 0) is 36.7 Å². The minimum Gasteiger partial charge on any atom is -0.381 e. The van der Waals surface area contributed by atoms with Gasteiger partial charge >= 0.3 is 5.69 Å². The monoisotopic (exact) mass is 300 g/mol. The molecule has 0 spiro atoms. The van der Waals surface area contributed by atoms with E-state index in [4.69, 9.17) is 5.73 Å². The van der Waals surface area contributed by atoms with Crippen molar-refractivity contribution in [3.8, 4) is 0 Å². The van der Waals surface area contributed by atoms with E-state index >= 15 is 0 Å². The zero-order valence-electron chi connectivity index (χ0n) is 11.0. The predicted octanol–water partition coefficient (Wildman–Crippen LogP) is 1.58. The van der Waals surface area contributed by atoms with Gasteiger partial charge in [0.25, 0.3) is 0 Å². The molecule has 1 aliphatic carbocycles. The largest absolute Gasteiger partial charge is 0.381 e. The maximum Gasteiger partial charge on any atom is 0.344 e. The number of aromatic amines is 1. The third-order valence-corrected chi connectivity index (χ3v) is 4.30. The Morgan fingerprint density at radius 3 is 2.67 bits per heavy atom. The molecule has 0 saturated heterocycles. The maximum absolute atomic E-state index is 11.8. The summed E-state index contributed by atoms with van der Waals surface area (Å²) < 4.78 is 1.67. The summed E-state index contributed by atoms with van der Waals surface area (Å²) in [7, 11) is 0. The van der Waals surface area contributed by atoms with E-state index in [0.717, 1.165) is 23.9 Å². The number of nitrogens with two attached hydrogens (primary N) is 1. The summed E-state index contributed by atoms with van der Waals surface area (Å²) >= 11 is 1.27. The lowest BCUT2D eigenvalue weighted by molar-refractivity contribution is 0.642. The number of para-hydroxylation sites is 2. The van der Waals surface area contributed by atoms with Crippen molar-refractivity contribution in [2.45, 2.75) is 29.1 Å². The van der Waals surface area contributed by atoms with Crippen LogP contribution in [0.1, 0.15) is 18.9 Å². The van der Waals surface area contributed by atoms with Crippen LogP contribution in [0.2, 0.25) is 0 Å². The van der Waals surface area contributed by atoms with Crippen molar-refractivity contribution < 1.29 is 0 Å². The van der Waals surface area contributed by atoms with Crippen LogP contribution >= 0.6 is 11.8 Å². The highest BCUT2D eigenvalue weighted by Gasteiger charge is 2.29. The summed E-state index contributed by atoms with van der Waals surface area (Å²) in [5.74, 6) is 0.344. The molecule has 0 aliphatic heterocycles. The molecule has 7 nitrogen and oxygen atoms in total. The first-order valence-electron chi connectivity index (χ1n) is 6.59. The molecule has 0 unspecified atom stereocenters. The quantitative estimate of drug-likeness (QED) is 0.761. The number of hydrogen-bond acceptors (Lipinski definition) is 6. The standard InChI is InChI=1S/C13H12N6OS/c14-10-11(16-9-4-2-1-3-8(9)15-10)21-13-18-17-12(20)19(13)7-5-6-7/h1-4,7H,5-6H2,(H2,14,15)(H,17,20). The summed E-state index contributed by atoms with van der Waals surface area (Å²) in [5.41, 5.74) is 7.30. The van der Waals surface area contributed by atoms with Gasteiger partial charge < -0.3 is 5.73 Å². The van der Waals surface area contributed by atoms with Crippen LogP contribution in [-0.4, -0.2) is 24.7 Å². The van der Waals surface area contributed by atoms with Gasteiger partial charge in [0, 0.05) is 6.04 Å². The van der Waals surface area contributed by atoms with E-state index in [-0.39, 0.29) is 11.7 Å². The Kier molecular flexibility index (Phi) is 2.71. The van der Waals surface area contributed by atoms with Crippen molar-refractivity contribution in [3.05, 3.63) is 34.7 Å². The lowest BCUT2D eigenvalue weighted by Crippen LogP contribution is -2.16. The molecule has 1 aliphatic rings. The van der Waals surface area contributed by atoms with Crippen LogP contribution in [0.25, 0.3) is 11.0 Å². The van der Waals surface area contributed by atoms with E-state index in [1.54, 1.807) is 4.57 Å². The van der Waals surface area contributed by atoms with Crippen molar-refractivity contribution in [1.29, 1.82) is 0 Å². The minimum atomic E-state index is -0.188. The Morgan fingerprint density at radius 2 is 1.95 bits per heavy atom. The number of fused-ring (bicyclic) bond motifs is 1. The van der Waals surface area contributed by atoms with E-state index in [1.165, 1.54) is 11.8 Å². The molecule has 2 heterocycles. The molecule has 0 atom stereocenters. The van der Waals surface area contributed by atoms with Gasteiger partial charge in [0.2, 0.25) is 0 Å². The fraction of sp³-hybridized carbons (Fsp3) is 0.231. The summed E-state index contributed by atoms with van der Waals surface area (Å²) in [5, 5.41) is 7.69. The number of nitrogen functional groups attached to an aromatic ring is 1. The summed E-state index contributed by atoms with van der Waals surface area (Å²) in [4.78, 5) is 20.6. The topological polar surface area (TPSA) is 102 Å². The van der Waals surface area contributed by atoms with Crippen molar-refractivity contribution in [1.82, 2.24) is 24.7 Å². The van der Waals surface area contributed by atoms with E-state index < -0.39 is 0 Å². The molecule has 21 heavy (non-hydrogen) atoms. The average Bonchev–Trinajstić information content (AvgIpc) is 3.24. The Morgan fingerprint density at radius 1 is 1.24 bits per heavy atom. The highest BCUT2D eigenvalue weighted by molar-refractivity contribution is 7.99. The number of nitrogens with zero attached hydrogens (tertiary/aromatic N) is 4. The van der Waals surface area contributed by atoms with E-state index in [0.29, 0.717) is 16.0 Å². The summed E-state index contributed by atoms with van der Waals surface area (Å²) in [6, 6.07) is 7.78. The number of nitrogens with one attached hydrogen (secondary N) is 1. The molecular formula is C13H12N6OS. The molecule has 1 aromatic carbocycles. The molecule has 8 heteroatoms. The molecule has 3 N–H and O–H groups in total. The number of anilines is 1. The lowest BCUT2D eigenvalue weighted by Gasteiger charge is -2.06.